The molecule has 0 aliphatic rings. The number of rotatable bonds is 4. The van der Waals surface area contributed by atoms with Crippen LogP contribution in [0.15, 0.2) is 24.8 Å². The van der Waals surface area contributed by atoms with Gasteiger partial charge in [0.15, 0.2) is 0 Å². The van der Waals surface area contributed by atoms with Gasteiger partial charge in [-0.05, 0) is 36.5 Å². The van der Waals surface area contributed by atoms with E-state index in [-0.39, 0.29) is 0 Å². The number of allylic oxidation sites excluding steroid dienone is 1. The lowest BCUT2D eigenvalue weighted by molar-refractivity contribution is 0.919. The molecule has 76 valence electrons. The lowest BCUT2D eigenvalue weighted by Crippen LogP contribution is -1.92. The molecule has 0 heterocycles. The highest BCUT2D eigenvalue weighted by Crippen LogP contribution is 2.20. The lowest BCUT2D eigenvalue weighted by Gasteiger charge is -2.09. The topological polar surface area (TPSA) is 0 Å². The molecule has 0 saturated heterocycles. The van der Waals surface area contributed by atoms with Crippen molar-refractivity contribution in [1.82, 2.24) is 0 Å². The maximum absolute atomic E-state index is 4.04. The first-order chi connectivity index (χ1) is 6.69. The largest absolute Gasteiger partial charge is 0.0955 e. The second-order valence-electron chi connectivity index (χ2n) is 3.88. The van der Waals surface area contributed by atoms with Crippen molar-refractivity contribution in [2.45, 2.75) is 40.0 Å². The molecule has 0 atom stereocenters. The fourth-order valence-corrected chi connectivity index (χ4v) is 1.77. The SMILES string of the molecule is C=C(C)c1cc(CCC)ccc1CC. The molecule has 1 aromatic rings. The number of aryl methyl sites for hydroxylation is 2. The Morgan fingerprint density at radius 2 is 2.00 bits per heavy atom. The van der Waals surface area contributed by atoms with Crippen molar-refractivity contribution >= 4 is 5.57 Å². The highest BCUT2D eigenvalue weighted by atomic mass is 14.1. The van der Waals surface area contributed by atoms with Crippen LogP contribution < -0.4 is 0 Å². The van der Waals surface area contributed by atoms with E-state index in [0.29, 0.717) is 0 Å². The zero-order valence-corrected chi connectivity index (χ0v) is 9.56. The Balaban J connectivity index is 3.07. The van der Waals surface area contributed by atoms with Crippen LogP contribution in [0, 0.1) is 0 Å². The van der Waals surface area contributed by atoms with E-state index < -0.39 is 0 Å². The molecular weight excluding hydrogens is 168 g/mol. The smallest absolute Gasteiger partial charge is 0.0198 e. The van der Waals surface area contributed by atoms with Crippen LogP contribution in [0.3, 0.4) is 0 Å². The van der Waals surface area contributed by atoms with Crippen LogP contribution in [-0.4, -0.2) is 0 Å². The molecule has 1 rings (SSSR count). The fraction of sp³-hybridized carbons (Fsp3) is 0.429. The third-order valence-electron chi connectivity index (χ3n) is 2.55. The first-order valence-corrected chi connectivity index (χ1v) is 5.46. The molecule has 14 heavy (non-hydrogen) atoms. The Labute approximate surface area is 87.7 Å². The normalized spacial score (nSPS) is 10.2. The van der Waals surface area contributed by atoms with E-state index in [1.54, 1.807) is 0 Å². The molecule has 0 aliphatic carbocycles. The summed E-state index contributed by atoms with van der Waals surface area (Å²) in [5.41, 5.74) is 5.37. The molecule has 0 radical (unpaired) electrons. The minimum Gasteiger partial charge on any atom is -0.0955 e. The standard InChI is InChI=1S/C14H20/c1-5-7-12-8-9-13(6-2)14(10-12)11(3)4/h8-10H,3,5-7H2,1-2,4H3. The Bertz CT molecular complexity index is 321. The maximum atomic E-state index is 4.04. The van der Waals surface area contributed by atoms with Crippen LogP contribution in [0.4, 0.5) is 0 Å². The molecule has 0 fully saturated rings. The minimum absolute atomic E-state index is 1.09. The summed E-state index contributed by atoms with van der Waals surface area (Å²) in [5, 5.41) is 0. The van der Waals surface area contributed by atoms with Gasteiger partial charge in [-0.3, -0.25) is 0 Å². The third-order valence-corrected chi connectivity index (χ3v) is 2.55. The first kappa shape index (κ1) is 11.0. The minimum atomic E-state index is 1.09. The molecule has 0 amide bonds. The van der Waals surface area contributed by atoms with Gasteiger partial charge in [0.05, 0.1) is 0 Å². The summed E-state index contributed by atoms with van der Waals surface area (Å²) < 4.78 is 0. The van der Waals surface area contributed by atoms with Crippen LogP contribution in [0.5, 0.6) is 0 Å². The van der Waals surface area contributed by atoms with Gasteiger partial charge < -0.3 is 0 Å². The van der Waals surface area contributed by atoms with Gasteiger partial charge >= 0.3 is 0 Å². The lowest BCUT2D eigenvalue weighted by atomic mass is 9.96. The van der Waals surface area contributed by atoms with Crippen LogP contribution in [-0.2, 0) is 12.8 Å². The molecule has 0 unspecified atom stereocenters. The summed E-state index contributed by atoms with van der Waals surface area (Å²) in [7, 11) is 0. The molecule has 0 bridgehead atoms. The molecule has 0 aromatic heterocycles. The quantitative estimate of drug-likeness (QED) is 0.663. The molecule has 0 saturated carbocycles. The molecule has 1 aromatic carbocycles. The van der Waals surface area contributed by atoms with Crippen LogP contribution in [0.25, 0.3) is 5.57 Å². The summed E-state index contributed by atoms with van der Waals surface area (Å²) in [6.07, 6.45) is 3.47. The van der Waals surface area contributed by atoms with E-state index in [0.717, 1.165) is 6.42 Å². The van der Waals surface area contributed by atoms with Gasteiger partial charge in [0.25, 0.3) is 0 Å². The maximum Gasteiger partial charge on any atom is -0.0198 e. The molecule has 0 N–H and O–H groups in total. The van der Waals surface area contributed by atoms with Gasteiger partial charge in [0.1, 0.15) is 0 Å². The Morgan fingerprint density at radius 3 is 2.50 bits per heavy atom. The van der Waals surface area contributed by atoms with Gasteiger partial charge in [-0.1, -0.05) is 50.6 Å². The van der Waals surface area contributed by atoms with Gasteiger partial charge in [0, 0.05) is 0 Å². The van der Waals surface area contributed by atoms with Gasteiger partial charge in [-0.15, -0.1) is 0 Å². The van der Waals surface area contributed by atoms with E-state index in [1.165, 1.54) is 35.1 Å². The third kappa shape index (κ3) is 2.47. The predicted octanol–water partition coefficient (Wildman–Crippen LogP) is 4.23. The average Bonchev–Trinajstić information content (AvgIpc) is 2.18. The molecular formula is C14H20. The van der Waals surface area contributed by atoms with Gasteiger partial charge in [-0.25, -0.2) is 0 Å². The van der Waals surface area contributed by atoms with Crippen LogP contribution in [0.2, 0.25) is 0 Å². The van der Waals surface area contributed by atoms with E-state index in [9.17, 15) is 0 Å². The van der Waals surface area contributed by atoms with E-state index in [1.807, 2.05) is 0 Å². The predicted molar refractivity (Wildman–Crippen MR) is 64.5 cm³/mol. The van der Waals surface area contributed by atoms with Crippen molar-refractivity contribution < 1.29 is 0 Å². The Kier molecular flexibility index (Phi) is 3.94. The summed E-state index contributed by atoms with van der Waals surface area (Å²) >= 11 is 0. The number of hydrogen-bond acceptors (Lipinski definition) is 0. The van der Waals surface area contributed by atoms with Crippen molar-refractivity contribution in [3.63, 3.8) is 0 Å². The van der Waals surface area contributed by atoms with Crippen LogP contribution >= 0.6 is 0 Å². The van der Waals surface area contributed by atoms with Crippen molar-refractivity contribution in [2.75, 3.05) is 0 Å². The van der Waals surface area contributed by atoms with Crippen molar-refractivity contribution in [1.29, 1.82) is 0 Å². The molecule has 0 heteroatoms. The second kappa shape index (κ2) is 4.99. The van der Waals surface area contributed by atoms with Gasteiger partial charge in [0.2, 0.25) is 0 Å². The zero-order valence-electron chi connectivity index (χ0n) is 9.56. The molecule has 0 aliphatic heterocycles. The van der Waals surface area contributed by atoms with E-state index in [4.69, 9.17) is 0 Å². The highest BCUT2D eigenvalue weighted by molar-refractivity contribution is 5.65. The fourth-order valence-electron chi connectivity index (χ4n) is 1.77. The zero-order chi connectivity index (χ0) is 10.6. The summed E-state index contributed by atoms with van der Waals surface area (Å²) in [5.74, 6) is 0. The van der Waals surface area contributed by atoms with E-state index in [2.05, 4.69) is 45.5 Å². The first-order valence-electron chi connectivity index (χ1n) is 5.46. The second-order valence-corrected chi connectivity index (χ2v) is 3.88. The van der Waals surface area contributed by atoms with Crippen molar-refractivity contribution in [3.8, 4) is 0 Å². The summed E-state index contributed by atoms with van der Waals surface area (Å²) in [4.78, 5) is 0. The Hall–Kier alpha value is -1.04. The van der Waals surface area contributed by atoms with Gasteiger partial charge in [-0.2, -0.15) is 0 Å². The number of benzene rings is 1. The molecule has 0 spiro atoms. The highest BCUT2D eigenvalue weighted by Gasteiger charge is 2.02. The summed E-state index contributed by atoms with van der Waals surface area (Å²) in [6, 6.07) is 6.79. The van der Waals surface area contributed by atoms with Crippen molar-refractivity contribution in [3.05, 3.63) is 41.5 Å². The van der Waals surface area contributed by atoms with Crippen LogP contribution in [0.1, 0.15) is 43.9 Å². The number of hydrogen-bond donors (Lipinski definition) is 0. The van der Waals surface area contributed by atoms with E-state index >= 15 is 0 Å². The monoisotopic (exact) mass is 188 g/mol. The average molecular weight is 188 g/mol. The molecule has 0 nitrogen and oxygen atoms in total. The summed E-state index contributed by atoms with van der Waals surface area (Å²) in [6.45, 7) is 10.5. The Morgan fingerprint density at radius 1 is 1.29 bits per heavy atom. The van der Waals surface area contributed by atoms with Crippen molar-refractivity contribution in [2.24, 2.45) is 0 Å².